The molecule has 2 amide bonds. The molecule has 5 nitrogen and oxygen atoms in total. The van der Waals surface area contributed by atoms with Crippen LogP contribution in [-0.4, -0.2) is 59.5 Å². The highest BCUT2D eigenvalue weighted by Gasteiger charge is 2.28. The zero-order valence-electron chi connectivity index (χ0n) is 11.4. The van der Waals surface area contributed by atoms with Gasteiger partial charge in [0.2, 0.25) is 5.91 Å². The highest BCUT2D eigenvalue weighted by atomic mass is 35.5. The van der Waals surface area contributed by atoms with Gasteiger partial charge in [0.05, 0.1) is 5.38 Å². The highest BCUT2D eigenvalue weighted by Crippen LogP contribution is 2.16. The van der Waals surface area contributed by atoms with E-state index in [9.17, 15) is 9.59 Å². The first-order valence-corrected chi connectivity index (χ1v) is 6.48. The number of halogens is 1. The first-order chi connectivity index (χ1) is 8.19. The van der Waals surface area contributed by atoms with E-state index in [1.807, 2.05) is 20.8 Å². The summed E-state index contributed by atoms with van der Waals surface area (Å²) < 4.78 is 5.22. The average molecular weight is 277 g/mol. The minimum Gasteiger partial charge on any atom is -0.444 e. The summed E-state index contributed by atoms with van der Waals surface area (Å²) in [6.07, 6.45) is 0.00844. The Labute approximate surface area is 113 Å². The molecule has 0 saturated carbocycles. The Morgan fingerprint density at radius 2 is 2.17 bits per heavy atom. The lowest BCUT2D eigenvalue weighted by atomic mass is 10.2. The zero-order chi connectivity index (χ0) is 13.9. The summed E-state index contributed by atoms with van der Waals surface area (Å²) in [6.45, 7) is 6.97. The number of likely N-dealkylation sites (tertiary alicyclic amines) is 1. The number of likely N-dealkylation sites (N-methyl/N-ethyl adjacent to an activating group) is 1. The number of ether oxygens (including phenoxy) is 1. The summed E-state index contributed by atoms with van der Waals surface area (Å²) >= 11 is 5.90. The first kappa shape index (κ1) is 15.1. The van der Waals surface area contributed by atoms with Crippen LogP contribution in [0.1, 0.15) is 27.2 Å². The monoisotopic (exact) mass is 276 g/mol. The second-order valence-electron chi connectivity index (χ2n) is 5.54. The van der Waals surface area contributed by atoms with Crippen molar-refractivity contribution in [2.45, 2.75) is 38.2 Å². The molecule has 1 aliphatic heterocycles. The summed E-state index contributed by atoms with van der Waals surface area (Å²) in [5.74, 6) is 0.0487. The van der Waals surface area contributed by atoms with Crippen molar-refractivity contribution in [1.82, 2.24) is 9.80 Å². The molecule has 1 unspecified atom stereocenters. The molecule has 1 heterocycles. The minimum absolute atomic E-state index is 0.0487. The van der Waals surface area contributed by atoms with Crippen molar-refractivity contribution < 1.29 is 14.3 Å². The van der Waals surface area contributed by atoms with Crippen LogP contribution in [0, 0.1) is 0 Å². The number of amides is 2. The zero-order valence-corrected chi connectivity index (χ0v) is 12.2. The molecule has 1 fully saturated rings. The summed E-state index contributed by atoms with van der Waals surface area (Å²) in [7, 11) is 1.66. The standard InChI is InChI=1S/C12H21ClN2O3/c1-12(2,3)18-11(17)14(4)5-6-15-8-9(13)7-10(15)16/h9H,5-8H2,1-4H3. The Balaban J connectivity index is 2.35. The van der Waals surface area contributed by atoms with Gasteiger partial charge in [-0.2, -0.15) is 0 Å². The van der Waals surface area contributed by atoms with Crippen LogP contribution in [0.15, 0.2) is 0 Å². The molecule has 0 bridgehead atoms. The van der Waals surface area contributed by atoms with Gasteiger partial charge in [-0.1, -0.05) is 0 Å². The van der Waals surface area contributed by atoms with E-state index in [4.69, 9.17) is 16.3 Å². The summed E-state index contributed by atoms with van der Waals surface area (Å²) in [5, 5.41) is -0.107. The van der Waals surface area contributed by atoms with Crippen molar-refractivity contribution >= 4 is 23.6 Å². The number of hydrogen-bond acceptors (Lipinski definition) is 3. The third-order valence-corrected chi connectivity index (χ3v) is 2.87. The lowest BCUT2D eigenvalue weighted by molar-refractivity contribution is -0.127. The number of alkyl halides is 1. The molecule has 0 aromatic rings. The molecular formula is C12H21ClN2O3. The van der Waals surface area contributed by atoms with Crippen molar-refractivity contribution in [1.29, 1.82) is 0 Å². The van der Waals surface area contributed by atoms with Crippen molar-refractivity contribution in [2.75, 3.05) is 26.7 Å². The molecule has 18 heavy (non-hydrogen) atoms. The molecule has 104 valence electrons. The highest BCUT2D eigenvalue weighted by molar-refractivity contribution is 6.22. The van der Waals surface area contributed by atoms with Gasteiger partial charge in [-0.3, -0.25) is 4.79 Å². The second-order valence-corrected chi connectivity index (χ2v) is 6.16. The Bertz CT molecular complexity index is 328. The van der Waals surface area contributed by atoms with Gasteiger partial charge in [0.1, 0.15) is 5.60 Å². The maximum absolute atomic E-state index is 11.7. The van der Waals surface area contributed by atoms with Crippen molar-refractivity contribution in [2.24, 2.45) is 0 Å². The van der Waals surface area contributed by atoms with Crippen molar-refractivity contribution in [3.63, 3.8) is 0 Å². The van der Waals surface area contributed by atoms with Gasteiger partial charge in [-0.15, -0.1) is 11.6 Å². The maximum atomic E-state index is 11.7. The third-order valence-electron chi connectivity index (χ3n) is 2.58. The van der Waals surface area contributed by atoms with Gasteiger partial charge in [-0.25, -0.2) is 4.79 Å². The van der Waals surface area contributed by atoms with E-state index in [1.165, 1.54) is 4.90 Å². The molecule has 1 rings (SSSR count). The van der Waals surface area contributed by atoms with Crippen LogP contribution in [0.5, 0.6) is 0 Å². The molecule has 0 spiro atoms. The fraction of sp³-hybridized carbons (Fsp3) is 0.833. The lowest BCUT2D eigenvalue weighted by Gasteiger charge is -2.26. The fourth-order valence-corrected chi connectivity index (χ4v) is 1.94. The quantitative estimate of drug-likeness (QED) is 0.737. The van der Waals surface area contributed by atoms with Gasteiger partial charge in [0.25, 0.3) is 0 Å². The normalized spacial score (nSPS) is 20.2. The molecule has 6 heteroatoms. The van der Waals surface area contributed by atoms with Crippen molar-refractivity contribution in [3.8, 4) is 0 Å². The molecule has 1 atom stereocenters. The molecule has 0 radical (unpaired) electrons. The van der Waals surface area contributed by atoms with Crippen LogP contribution in [0.25, 0.3) is 0 Å². The Morgan fingerprint density at radius 3 is 2.61 bits per heavy atom. The fourth-order valence-electron chi connectivity index (χ4n) is 1.64. The van der Waals surface area contributed by atoms with E-state index in [2.05, 4.69) is 0 Å². The third kappa shape index (κ3) is 4.72. The van der Waals surface area contributed by atoms with E-state index in [1.54, 1.807) is 11.9 Å². The molecule has 0 aromatic heterocycles. The van der Waals surface area contributed by atoms with E-state index in [-0.39, 0.29) is 17.4 Å². The predicted molar refractivity (Wildman–Crippen MR) is 69.7 cm³/mol. The van der Waals surface area contributed by atoms with E-state index in [0.717, 1.165) is 0 Å². The number of rotatable bonds is 3. The van der Waals surface area contributed by atoms with Crippen LogP contribution in [0.2, 0.25) is 0 Å². The first-order valence-electron chi connectivity index (χ1n) is 6.05. The molecular weight excluding hydrogens is 256 g/mol. The van der Waals surface area contributed by atoms with E-state index < -0.39 is 5.60 Å². The average Bonchev–Trinajstić information content (AvgIpc) is 2.51. The molecule has 1 aliphatic rings. The van der Waals surface area contributed by atoms with E-state index in [0.29, 0.717) is 26.1 Å². The second kappa shape index (κ2) is 5.78. The number of carbonyl (C=O) groups excluding carboxylic acids is 2. The maximum Gasteiger partial charge on any atom is 0.410 e. The summed E-state index contributed by atoms with van der Waals surface area (Å²) in [5.41, 5.74) is -0.504. The predicted octanol–water partition coefficient (Wildman–Crippen LogP) is 1.69. The van der Waals surface area contributed by atoms with Gasteiger partial charge >= 0.3 is 6.09 Å². The van der Waals surface area contributed by atoms with E-state index >= 15 is 0 Å². The molecule has 0 N–H and O–H groups in total. The largest absolute Gasteiger partial charge is 0.444 e. The van der Waals surface area contributed by atoms with Gasteiger partial charge in [0, 0.05) is 33.1 Å². The number of hydrogen-bond donors (Lipinski definition) is 0. The molecule has 0 aromatic carbocycles. The Kier molecular flexibility index (Phi) is 4.85. The number of carbonyl (C=O) groups is 2. The Hall–Kier alpha value is -0.970. The summed E-state index contributed by atoms with van der Waals surface area (Å²) in [6, 6.07) is 0. The van der Waals surface area contributed by atoms with Crippen LogP contribution in [0.3, 0.4) is 0 Å². The summed E-state index contributed by atoms with van der Waals surface area (Å²) in [4.78, 5) is 26.3. The minimum atomic E-state index is -0.504. The SMILES string of the molecule is CN(CCN1CC(Cl)CC1=O)C(=O)OC(C)(C)C. The van der Waals surface area contributed by atoms with Gasteiger partial charge in [-0.05, 0) is 20.8 Å². The molecule has 0 aliphatic carbocycles. The van der Waals surface area contributed by atoms with Crippen LogP contribution in [0.4, 0.5) is 4.79 Å². The van der Waals surface area contributed by atoms with Crippen LogP contribution < -0.4 is 0 Å². The van der Waals surface area contributed by atoms with Crippen LogP contribution in [-0.2, 0) is 9.53 Å². The van der Waals surface area contributed by atoms with Gasteiger partial charge < -0.3 is 14.5 Å². The Morgan fingerprint density at radius 1 is 1.56 bits per heavy atom. The lowest BCUT2D eigenvalue weighted by Crippen LogP contribution is -2.39. The topological polar surface area (TPSA) is 49.9 Å². The smallest absolute Gasteiger partial charge is 0.410 e. The van der Waals surface area contributed by atoms with Gasteiger partial charge in [0.15, 0.2) is 0 Å². The number of nitrogens with zero attached hydrogens (tertiary/aromatic N) is 2. The van der Waals surface area contributed by atoms with Crippen LogP contribution >= 0.6 is 11.6 Å². The van der Waals surface area contributed by atoms with Crippen molar-refractivity contribution in [3.05, 3.63) is 0 Å². The molecule has 1 saturated heterocycles.